The maximum Gasteiger partial charge on any atom is 0.332 e. The van der Waals surface area contributed by atoms with Crippen LogP contribution in [0.4, 0.5) is 0 Å². The maximum absolute atomic E-state index is 12.7. The van der Waals surface area contributed by atoms with Gasteiger partial charge in [-0.1, -0.05) is 77.6 Å². The smallest absolute Gasteiger partial charge is 0.332 e. The highest BCUT2D eigenvalue weighted by Crippen LogP contribution is 2.15. The van der Waals surface area contributed by atoms with Gasteiger partial charge >= 0.3 is 5.69 Å². The van der Waals surface area contributed by atoms with Gasteiger partial charge in [-0.3, -0.25) is 13.9 Å². The lowest BCUT2D eigenvalue weighted by Gasteiger charge is -2.17. The second kappa shape index (κ2) is 14.4. The third-order valence-corrected chi connectivity index (χ3v) is 6.63. The molecule has 2 aromatic rings. The Balaban J connectivity index is 1.59. The molecule has 0 aliphatic rings. The number of nitrogens with zero attached hydrogens (tertiary/aromatic N) is 4. The molecule has 0 saturated carbocycles. The standard InChI is InChI=1S/C25H44N4O4/c1-4-5-6-7-10-13-16-20(30)21(31)17-14-11-8-9-12-15-18-29-24(32)22-23(26-19-27(22)2)28(3)25(29)33/h19-21,30-31H,4-18H2,1-3H3. The molecule has 0 amide bonds. The Morgan fingerprint density at radius 1 is 0.818 bits per heavy atom. The number of fused-ring (bicyclic) bond motifs is 1. The van der Waals surface area contributed by atoms with Crippen LogP contribution in [0.15, 0.2) is 15.9 Å². The molecular formula is C25H44N4O4. The van der Waals surface area contributed by atoms with Gasteiger partial charge in [0.25, 0.3) is 5.56 Å². The monoisotopic (exact) mass is 464 g/mol. The number of aliphatic hydroxyl groups is 2. The minimum Gasteiger partial charge on any atom is -0.390 e. The lowest BCUT2D eigenvalue weighted by Crippen LogP contribution is -2.39. The summed E-state index contributed by atoms with van der Waals surface area (Å²) in [6.45, 7) is 2.62. The fraction of sp³-hybridized carbons (Fsp3) is 0.800. The molecule has 0 fully saturated rings. The number of unbranched alkanes of at least 4 members (excludes halogenated alkanes) is 10. The third-order valence-electron chi connectivity index (χ3n) is 6.63. The average molecular weight is 465 g/mol. The molecule has 2 rings (SSSR count). The van der Waals surface area contributed by atoms with Crippen molar-refractivity contribution in [1.29, 1.82) is 0 Å². The van der Waals surface area contributed by atoms with Crippen LogP contribution in [0.3, 0.4) is 0 Å². The van der Waals surface area contributed by atoms with Crippen LogP contribution < -0.4 is 11.2 Å². The summed E-state index contributed by atoms with van der Waals surface area (Å²) in [5, 5.41) is 20.3. The molecule has 2 atom stereocenters. The molecule has 2 aromatic heterocycles. The fourth-order valence-corrected chi connectivity index (χ4v) is 4.44. The molecule has 8 nitrogen and oxygen atoms in total. The molecule has 0 spiro atoms. The number of imidazole rings is 1. The van der Waals surface area contributed by atoms with Gasteiger partial charge in [-0.25, -0.2) is 9.78 Å². The van der Waals surface area contributed by atoms with Crippen molar-refractivity contribution in [2.75, 3.05) is 0 Å². The van der Waals surface area contributed by atoms with Crippen molar-refractivity contribution in [3.63, 3.8) is 0 Å². The van der Waals surface area contributed by atoms with E-state index in [9.17, 15) is 19.8 Å². The molecule has 0 radical (unpaired) electrons. The Bertz CT molecular complexity index is 946. The number of aromatic nitrogens is 4. The van der Waals surface area contributed by atoms with Crippen LogP contribution in [0.1, 0.15) is 96.8 Å². The molecule has 33 heavy (non-hydrogen) atoms. The van der Waals surface area contributed by atoms with E-state index in [0.29, 0.717) is 30.6 Å². The first kappa shape index (κ1) is 27.3. The number of aliphatic hydroxyl groups excluding tert-OH is 2. The summed E-state index contributed by atoms with van der Waals surface area (Å²) in [6.07, 6.45) is 14.5. The van der Waals surface area contributed by atoms with Crippen LogP contribution in [0.2, 0.25) is 0 Å². The van der Waals surface area contributed by atoms with E-state index in [-0.39, 0.29) is 11.2 Å². The molecule has 0 saturated heterocycles. The molecule has 2 unspecified atom stereocenters. The Morgan fingerprint density at radius 2 is 1.33 bits per heavy atom. The van der Waals surface area contributed by atoms with Crippen molar-refractivity contribution >= 4 is 11.2 Å². The largest absolute Gasteiger partial charge is 0.390 e. The van der Waals surface area contributed by atoms with Crippen molar-refractivity contribution in [3.8, 4) is 0 Å². The van der Waals surface area contributed by atoms with Crippen molar-refractivity contribution in [1.82, 2.24) is 18.7 Å². The highest BCUT2D eigenvalue weighted by Gasteiger charge is 2.16. The van der Waals surface area contributed by atoms with Gasteiger partial charge in [0.1, 0.15) is 0 Å². The summed E-state index contributed by atoms with van der Waals surface area (Å²) in [5.74, 6) is 0. The molecule has 0 bridgehead atoms. The van der Waals surface area contributed by atoms with Gasteiger partial charge in [0.2, 0.25) is 0 Å². The number of aryl methyl sites for hydroxylation is 2. The predicted octanol–water partition coefficient (Wildman–Crippen LogP) is 3.64. The van der Waals surface area contributed by atoms with Crippen molar-refractivity contribution < 1.29 is 10.2 Å². The zero-order valence-electron chi connectivity index (χ0n) is 20.8. The number of hydrogen-bond acceptors (Lipinski definition) is 5. The number of rotatable bonds is 17. The maximum atomic E-state index is 12.7. The summed E-state index contributed by atoms with van der Waals surface area (Å²) >= 11 is 0. The predicted molar refractivity (Wildman–Crippen MR) is 133 cm³/mol. The van der Waals surface area contributed by atoms with E-state index in [1.807, 2.05) is 0 Å². The topological polar surface area (TPSA) is 102 Å². The zero-order valence-corrected chi connectivity index (χ0v) is 20.8. The molecular weight excluding hydrogens is 420 g/mol. The van der Waals surface area contributed by atoms with Gasteiger partial charge in [0.15, 0.2) is 11.2 Å². The second-order valence-electron chi connectivity index (χ2n) is 9.43. The lowest BCUT2D eigenvalue weighted by atomic mass is 9.99. The van der Waals surface area contributed by atoms with Gasteiger partial charge in [-0.05, 0) is 19.3 Å². The van der Waals surface area contributed by atoms with Crippen molar-refractivity contribution in [2.24, 2.45) is 14.1 Å². The Morgan fingerprint density at radius 3 is 1.91 bits per heavy atom. The first-order valence-corrected chi connectivity index (χ1v) is 12.9. The van der Waals surface area contributed by atoms with Crippen LogP contribution >= 0.6 is 0 Å². The van der Waals surface area contributed by atoms with E-state index in [2.05, 4.69) is 11.9 Å². The van der Waals surface area contributed by atoms with Crippen LogP contribution in [-0.2, 0) is 20.6 Å². The average Bonchev–Trinajstić information content (AvgIpc) is 3.19. The van der Waals surface area contributed by atoms with E-state index in [4.69, 9.17) is 0 Å². The summed E-state index contributed by atoms with van der Waals surface area (Å²) in [4.78, 5) is 29.3. The van der Waals surface area contributed by atoms with Crippen LogP contribution in [0.5, 0.6) is 0 Å². The van der Waals surface area contributed by atoms with Gasteiger partial charge in [-0.15, -0.1) is 0 Å². The van der Waals surface area contributed by atoms with E-state index in [1.54, 1.807) is 25.0 Å². The summed E-state index contributed by atoms with van der Waals surface area (Å²) in [5.41, 5.74) is 0.277. The SMILES string of the molecule is CCCCCCCCC(O)C(O)CCCCCCCCn1c(=O)c2c(ncn2C)n(C)c1=O. The van der Waals surface area contributed by atoms with Crippen LogP contribution in [0.25, 0.3) is 11.2 Å². The van der Waals surface area contributed by atoms with Crippen LogP contribution in [0, 0.1) is 0 Å². The highest BCUT2D eigenvalue weighted by atomic mass is 16.3. The highest BCUT2D eigenvalue weighted by molar-refractivity contribution is 5.69. The van der Waals surface area contributed by atoms with E-state index in [1.165, 1.54) is 34.8 Å². The van der Waals surface area contributed by atoms with E-state index in [0.717, 1.165) is 51.4 Å². The minimum absolute atomic E-state index is 0.276. The van der Waals surface area contributed by atoms with Gasteiger partial charge in [0, 0.05) is 20.6 Å². The first-order chi connectivity index (χ1) is 15.9. The molecule has 0 aliphatic carbocycles. The van der Waals surface area contributed by atoms with Crippen molar-refractivity contribution in [2.45, 2.75) is 116 Å². The fourth-order valence-electron chi connectivity index (χ4n) is 4.44. The lowest BCUT2D eigenvalue weighted by molar-refractivity contribution is 0.00712. The second-order valence-corrected chi connectivity index (χ2v) is 9.43. The molecule has 0 aromatic carbocycles. The number of hydrogen-bond donors (Lipinski definition) is 2. The summed E-state index contributed by atoms with van der Waals surface area (Å²) in [6, 6.07) is 0. The van der Waals surface area contributed by atoms with Gasteiger partial charge in [-0.2, -0.15) is 0 Å². The van der Waals surface area contributed by atoms with Gasteiger partial charge in [0.05, 0.1) is 18.5 Å². The minimum atomic E-state index is -0.620. The Hall–Kier alpha value is -1.93. The van der Waals surface area contributed by atoms with Gasteiger partial charge < -0.3 is 14.8 Å². The Labute approximate surface area is 197 Å². The summed E-state index contributed by atoms with van der Waals surface area (Å²) in [7, 11) is 3.41. The van der Waals surface area contributed by atoms with E-state index >= 15 is 0 Å². The molecule has 188 valence electrons. The van der Waals surface area contributed by atoms with E-state index < -0.39 is 12.2 Å². The summed E-state index contributed by atoms with van der Waals surface area (Å²) < 4.78 is 4.40. The molecule has 2 heterocycles. The molecule has 2 N–H and O–H groups in total. The molecule has 8 heteroatoms. The van der Waals surface area contributed by atoms with Crippen LogP contribution in [-0.4, -0.2) is 41.1 Å². The zero-order chi connectivity index (χ0) is 24.2. The van der Waals surface area contributed by atoms with Crippen molar-refractivity contribution in [3.05, 3.63) is 27.2 Å². The quantitative estimate of drug-likeness (QED) is 0.348. The first-order valence-electron chi connectivity index (χ1n) is 12.9. The molecule has 0 aliphatic heterocycles. The third kappa shape index (κ3) is 8.10. The Kier molecular flexibility index (Phi) is 11.9. The normalized spacial score (nSPS) is 13.6.